The number of pyridine rings is 1. The zero-order valence-electron chi connectivity index (χ0n) is 18.2. The minimum Gasteiger partial charge on any atom is -0.494 e. The second-order valence-electron chi connectivity index (χ2n) is 7.66. The van der Waals surface area contributed by atoms with E-state index in [9.17, 15) is 9.59 Å². The van der Waals surface area contributed by atoms with E-state index in [1.54, 1.807) is 27.9 Å². The lowest BCUT2D eigenvalue weighted by Gasteiger charge is -2.21. The molecule has 0 unspecified atom stereocenters. The molecule has 0 aliphatic heterocycles. The normalized spacial score (nSPS) is 11.4. The molecule has 31 heavy (non-hydrogen) atoms. The third-order valence-corrected chi connectivity index (χ3v) is 5.55. The number of aromatic nitrogens is 3. The maximum atomic E-state index is 12.8. The molecule has 0 aliphatic carbocycles. The van der Waals surface area contributed by atoms with Crippen molar-refractivity contribution in [1.82, 2.24) is 14.8 Å². The van der Waals surface area contributed by atoms with Crippen molar-refractivity contribution in [3.05, 3.63) is 41.6 Å². The quantitative estimate of drug-likeness (QED) is 0.435. The molecule has 0 aliphatic rings. The van der Waals surface area contributed by atoms with Crippen LogP contribution >= 0.6 is 11.6 Å². The summed E-state index contributed by atoms with van der Waals surface area (Å²) in [6.45, 7) is 7.26. The predicted molar refractivity (Wildman–Crippen MR) is 119 cm³/mol. The Labute approximate surface area is 185 Å². The molecule has 9 heteroatoms. The second kappa shape index (κ2) is 8.93. The first kappa shape index (κ1) is 22.6. The van der Waals surface area contributed by atoms with Gasteiger partial charge in [0, 0.05) is 11.3 Å². The fourth-order valence-electron chi connectivity index (χ4n) is 2.99. The molecule has 0 saturated heterocycles. The third-order valence-electron chi connectivity index (χ3n) is 4.88. The van der Waals surface area contributed by atoms with Crippen molar-refractivity contribution in [2.45, 2.75) is 27.7 Å². The fourth-order valence-corrected chi connectivity index (χ4v) is 3.11. The number of rotatable bonds is 7. The highest BCUT2D eigenvalue weighted by molar-refractivity contribution is 6.20. The van der Waals surface area contributed by atoms with E-state index in [1.165, 1.54) is 10.9 Å². The maximum absolute atomic E-state index is 12.8. The van der Waals surface area contributed by atoms with Crippen LogP contribution < -0.4 is 10.1 Å². The number of esters is 1. The summed E-state index contributed by atoms with van der Waals surface area (Å²) in [4.78, 5) is 30.0. The number of carbonyl (C=O) groups is 2. The van der Waals surface area contributed by atoms with Crippen LogP contribution in [-0.2, 0) is 9.53 Å². The van der Waals surface area contributed by atoms with Gasteiger partial charge in [0.25, 0.3) is 0 Å². The standard InChI is InChI=1S/C22H25ClN4O4/c1-6-31-20(28)15-11-24-27(19(15)26-21(29)22(3,4)12-23)17-10-13(2)14-8-7-9-16(30-5)18(14)25-17/h7-11H,6,12H2,1-5H3,(H,26,29). The Balaban J connectivity index is 2.19. The van der Waals surface area contributed by atoms with Crippen LogP contribution in [0.4, 0.5) is 5.82 Å². The van der Waals surface area contributed by atoms with E-state index < -0.39 is 11.4 Å². The van der Waals surface area contributed by atoms with Gasteiger partial charge in [-0.2, -0.15) is 9.78 Å². The number of anilines is 1. The molecule has 1 amide bonds. The lowest BCUT2D eigenvalue weighted by Crippen LogP contribution is -2.33. The van der Waals surface area contributed by atoms with Crippen molar-refractivity contribution in [2.24, 2.45) is 5.41 Å². The third kappa shape index (κ3) is 4.34. The number of ether oxygens (including phenoxy) is 2. The Hall–Kier alpha value is -3.13. The highest BCUT2D eigenvalue weighted by atomic mass is 35.5. The smallest absolute Gasteiger partial charge is 0.343 e. The molecule has 0 bridgehead atoms. The van der Waals surface area contributed by atoms with Crippen LogP contribution in [0.2, 0.25) is 0 Å². The SMILES string of the molecule is CCOC(=O)c1cnn(-c2cc(C)c3cccc(OC)c3n2)c1NC(=O)C(C)(C)CCl. The average molecular weight is 445 g/mol. The molecule has 0 saturated carbocycles. The van der Waals surface area contributed by atoms with E-state index in [1.807, 2.05) is 31.2 Å². The number of nitrogens with zero attached hydrogens (tertiary/aromatic N) is 3. The Bertz CT molecular complexity index is 1140. The molecule has 3 aromatic rings. The Morgan fingerprint density at radius 1 is 1.29 bits per heavy atom. The molecule has 164 valence electrons. The summed E-state index contributed by atoms with van der Waals surface area (Å²) < 4.78 is 12.0. The van der Waals surface area contributed by atoms with Gasteiger partial charge in [-0.15, -0.1) is 11.6 Å². The summed E-state index contributed by atoms with van der Waals surface area (Å²) in [5, 5.41) is 8.03. The summed E-state index contributed by atoms with van der Waals surface area (Å²) in [6.07, 6.45) is 1.35. The fraction of sp³-hybridized carbons (Fsp3) is 0.364. The predicted octanol–water partition coefficient (Wildman–Crippen LogP) is 4.12. The van der Waals surface area contributed by atoms with Crippen molar-refractivity contribution in [3.8, 4) is 11.6 Å². The molecule has 1 N–H and O–H groups in total. The molecule has 8 nitrogen and oxygen atoms in total. The van der Waals surface area contributed by atoms with Crippen LogP contribution in [0.25, 0.3) is 16.7 Å². The van der Waals surface area contributed by atoms with Gasteiger partial charge in [0.05, 0.1) is 25.3 Å². The van der Waals surface area contributed by atoms with Crippen LogP contribution in [-0.4, -0.2) is 46.2 Å². The number of benzene rings is 1. The Kier molecular flexibility index (Phi) is 6.50. The largest absolute Gasteiger partial charge is 0.494 e. The summed E-state index contributed by atoms with van der Waals surface area (Å²) >= 11 is 5.96. The molecular weight excluding hydrogens is 420 g/mol. The molecule has 1 aromatic carbocycles. The van der Waals surface area contributed by atoms with Gasteiger partial charge >= 0.3 is 5.97 Å². The first-order valence-corrected chi connectivity index (χ1v) is 10.3. The van der Waals surface area contributed by atoms with Crippen LogP contribution in [0, 0.1) is 12.3 Å². The van der Waals surface area contributed by atoms with E-state index in [0.29, 0.717) is 17.1 Å². The number of hydrogen-bond donors (Lipinski definition) is 1. The highest BCUT2D eigenvalue weighted by Crippen LogP contribution is 2.30. The van der Waals surface area contributed by atoms with Gasteiger partial charge in [-0.3, -0.25) is 4.79 Å². The number of alkyl halides is 1. The maximum Gasteiger partial charge on any atom is 0.343 e. The van der Waals surface area contributed by atoms with E-state index in [0.717, 1.165) is 10.9 Å². The van der Waals surface area contributed by atoms with E-state index in [2.05, 4.69) is 10.4 Å². The number of fused-ring (bicyclic) bond motifs is 1. The Morgan fingerprint density at radius 3 is 2.68 bits per heavy atom. The minimum atomic E-state index is -0.863. The van der Waals surface area contributed by atoms with E-state index >= 15 is 0 Å². The molecule has 0 atom stereocenters. The number of amides is 1. The van der Waals surface area contributed by atoms with Crippen molar-refractivity contribution >= 4 is 40.2 Å². The van der Waals surface area contributed by atoms with Crippen LogP contribution in [0.15, 0.2) is 30.5 Å². The molecule has 2 heterocycles. The van der Waals surface area contributed by atoms with Gasteiger partial charge in [0.15, 0.2) is 11.6 Å². The molecule has 3 rings (SSSR count). The first-order chi connectivity index (χ1) is 14.7. The second-order valence-corrected chi connectivity index (χ2v) is 7.93. The van der Waals surface area contributed by atoms with Gasteiger partial charge in [-0.1, -0.05) is 12.1 Å². The number of methoxy groups -OCH3 is 1. The summed E-state index contributed by atoms with van der Waals surface area (Å²) in [6, 6.07) is 7.48. The lowest BCUT2D eigenvalue weighted by molar-refractivity contribution is -0.123. The zero-order chi connectivity index (χ0) is 22.8. The summed E-state index contributed by atoms with van der Waals surface area (Å²) in [5.41, 5.74) is 0.843. The van der Waals surface area contributed by atoms with Gasteiger partial charge in [0.1, 0.15) is 16.8 Å². The highest BCUT2D eigenvalue weighted by Gasteiger charge is 2.30. The number of hydrogen-bond acceptors (Lipinski definition) is 6. The molecule has 2 aromatic heterocycles. The van der Waals surface area contributed by atoms with Crippen LogP contribution in [0.5, 0.6) is 5.75 Å². The molecule has 0 fully saturated rings. The number of para-hydroxylation sites is 1. The number of carbonyl (C=O) groups excluding carboxylic acids is 2. The van der Waals surface area contributed by atoms with E-state index in [4.69, 9.17) is 26.1 Å². The van der Waals surface area contributed by atoms with Crippen molar-refractivity contribution in [3.63, 3.8) is 0 Å². The number of nitrogens with one attached hydrogen (secondary N) is 1. The summed E-state index contributed by atoms with van der Waals surface area (Å²) in [5.74, 6) is 0.347. The molecule has 0 spiro atoms. The van der Waals surface area contributed by atoms with Crippen LogP contribution in [0.1, 0.15) is 36.7 Å². The zero-order valence-corrected chi connectivity index (χ0v) is 18.9. The Morgan fingerprint density at radius 2 is 2.03 bits per heavy atom. The number of halogens is 1. The topological polar surface area (TPSA) is 95.3 Å². The van der Waals surface area contributed by atoms with Crippen molar-refractivity contribution < 1.29 is 19.1 Å². The summed E-state index contributed by atoms with van der Waals surface area (Å²) in [7, 11) is 1.57. The van der Waals surface area contributed by atoms with Gasteiger partial charge in [0.2, 0.25) is 5.91 Å². The van der Waals surface area contributed by atoms with Crippen molar-refractivity contribution in [2.75, 3.05) is 24.9 Å². The van der Waals surface area contributed by atoms with E-state index in [-0.39, 0.29) is 29.8 Å². The molecular formula is C22H25ClN4O4. The van der Waals surface area contributed by atoms with Crippen molar-refractivity contribution in [1.29, 1.82) is 0 Å². The monoisotopic (exact) mass is 444 g/mol. The van der Waals surface area contributed by atoms with Gasteiger partial charge in [-0.25, -0.2) is 9.78 Å². The first-order valence-electron chi connectivity index (χ1n) is 9.80. The minimum absolute atomic E-state index is 0.103. The van der Waals surface area contributed by atoms with Gasteiger partial charge in [-0.05, 0) is 45.4 Å². The van der Waals surface area contributed by atoms with Gasteiger partial charge < -0.3 is 14.8 Å². The molecule has 0 radical (unpaired) electrons. The lowest BCUT2D eigenvalue weighted by atomic mass is 9.95. The van der Waals surface area contributed by atoms with Crippen LogP contribution in [0.3, 0.4) is 0 Å². The average Bonchev–Trinajstić information content (AvgIpc) is 3.17. The number of aryl methyl sites for hydroxylation is 1.